The zero-order chi connectivity index (χ0) is 15.3. The Morgan fingerprint density at radius 1 is 1.14 bits per heavy atom. The molecule has 0 saturated heterocycles. The van der Waals surface area contributed by atoms with Crippen molar-refractivity contribution in [2.45, 2.75) is 44.0 Å². The van der Waals surface area contributed by atoms with Crippen LogP contribution in [0.2, 0.25) is 0 Å². The van der Waals surface area contributed by atoms with Crippen molar-refractivity contribution in [3.8, 4) is 0 Å². The van der Waals surface area contributed by atoms with Gasteiger partial charge < -0.3 is 5.32 Å². The summed E-state index contributed by atoms with van der Waals surface area (Å²) in [6.07, 6.45) is 0. The van der Waals surface area contributed by atoms with Gasteiger partial charge in [-0.3, -0.25) is 0 Å². The monoisotopic (exact) mass is 319 g/mol. The highest BCUT2D eigenvalue weighted by Crippen LogP contribution is 2.25. The molecule has 0 aliphatic heterocycles. The summed E-state index contributed by atoms with van der Waals surface area (Å²) in [5, 5.41) is 5.72. The van der Waals surface area contributed by atoms with E-state index in [0.717, 1.165) is 12.3 Å². The molecule has 0 bridgehead atoms. The molecule has 0 spiro atoms. The van der Waals surface area contributed by atoms with Gasteiger partial charge in [-0.15, -0.1) is 23.1 Å². The van der Waals surface area contributed by atoms with Gasteiger partial charge in [-0.2, -0.15) is 0 Å². The van der Waals surface area contributed by atoms with E-state index in [1.54, 1.807) is 0 Å². The molecule has 3 heteroatoms. The van der Waals surface area contributed by atoms with Crippen LogP contribution in [-0.4, -0.2) is 12.3 Å². The predicted octanol–water partition coefficient (Wildman–Crippen LogP) is 5.49. The SMILES string of the molecule is CC(NCCSc1ccc(C(C)(C)C)cc1)c1cccs1. The van der Waals surface area contributed by atoms with Crippen molar-refractivity contribution in [3.63, 3.8) is 0 Å². The fourth-order valence-corrected chi connectivity index (χ4v) is 3.68. The second kappa shape index (κ2) is 7.48. The molecule has 1 nitrogen and oxygen atoms in total. The first-order valence-electron chi connectivity index (χ1n) is 7.47. The minimum absolute atomic E-state index is 0.237. The molecule has 1 aromatic carbocycles. The Labute approximate surface area is 137 Å². The van der Waals surface area contributed by atoms with Gasteiger partial charge in [0.1, 0.15) is 0 Å². The quantitative estimate of drug-likeness (QED) is 0.558. The second-order valence-electron chi connectivity index (χ2n) is 6.31. The van der Waals surface area contributed by atoms with Crippen LogP contribution in [0.3, 0.4) is 0 Å². The smallest absolute Gasteiger partial charge is 0.0386 e. The van der Waals surface area contributed by atoms with Gasteiger partial charge in [-0.1, -0.05) is 39.0 Å². The molecule has 1 N–H and O–H groups in total. The molecule has 0 saturated carbocycles. The van der Waals surface area contributed by atoms with Crippen LogP contribution in [0.15, 0.2) is 46.7 Å². The third-order valence-electron chi connectivity index (χ3n) is 3.51. The number of thiophene rings is 1. The lowest BCUT2D eigenvalue weighted by molar-refractivity contribution is 0.589. The van der Waals surface area contributed by atoms with Crippen molar-refractivity contribution in [2.75, 3.05) is 12.3 Å². The van der Waals surface area contributed by atoms with Crippen LogP contribution >= 0.6 is 23.1 Å². The maximum Gasteiger partial charge on any atom is 0.0386 e. The zero-order valence-electron chi connectivity index (χ0n) is 13.3. The molecule has 0 aliphatic rings. The standard InChI is InChI=1S/C18H25NS2/c1-14(17-6-5-12-21-17)19-11-13-20-16-9-7-15(8-10-16)18(2,3)4/h5-10,12,14,19H,11,13H2,1-4H3. The Balaban J connectivity index is 1.74. The minimum atomic E-state index is 0.237. The zero-order valence-corrected chi connectivity index (χ0v) is 15.0. The molecule has 1 unspecified atom stereocenters. The van der Waals surface area contributed by atoms with Crippen LogP contribution in [0.25, 0.3) is 0 Å². The first-order valence-corrected chi connectivity index (χ1v) is 9.33. The normalized spacial score (nSPS) is 13.3. The van der Waals surface area contributed by atoms with E-state index in [1.165, 1.54) is 15.3 Å². The van der Waals surface area contributed by atoms with Crippen molar-refractivity contribution >= 4 is 23.1 Å². The fourth-order valence-electron chi connectivity index (χ4n) is 2.13. The van der Waals surface area contributed by atoms with Gasteiger partial charge >= 0.3 is 0 Å². The Morgan fingerprint density at radius 3 is 2.43 bits per heavy atom. The molecular weight excluding hydrogens is 294 g/mol. The van der Waals surface area contributed by atoms with E-state index >= 15 is 0 Å². The van der Waals surface area contributed by atoms with Crippen LogP contribution in [0.1, 0.15) is 44.2 Å². The molecule has 1 aromatic heterocycles. The van der Waals surface area contributed by atoms with Crippen molar-refractivity contribution in [1.82, 2.24) is 5.32 Å². The Morgan fingerprint density at radius 2 is 1.86 bits per heavy atom. The van der Waals surface area contributed by atoms with E-state index < -0.39 is 0 Å². The largest absolute Gasteiger partial charge is 0.309 e. The highest BCUT2D eigenvalue weighted by Gasteiger charge is 2.12. The average Bonchev–Trinajstić information content (AvgIpc) is 2.97. The van der Waals surface area contributed by atoms with Crippen molar-refractivity contribution in [3.05, 3.63) is 52.2 Å². The lowest BCUT2D eigenvalue weighted by atomic mass is 9.87. The number of nitrogens with one attached hydrogen (secondary N) is 1. The van der Waals surface area contributed by atoms with Gasteiger partial charge in [0.25, 0.3) is 0 Å². The number of hydrogen-bond acceptors (Lipinski definition) is 3. The number of benzene rings is 1. The first-order chi connectivity index (χ1) is 9.97. The fraction of sp³-hybridized carbons (Fsp3) is 0.444. The third-order valence-corrected chi connectivity index (χ3v) is 5.58. The van der Waals surface area contributed by atoms with Crippen LogP contribution < -0.4 is 5.32 Å². The van der Waals surface area contributed by atoms with Gasteiger partial charge in [0.2, 0.25) is 0 Å². The van der Waals surface area contributed by atoms with Crippen molar-refractivity contribution < 1.29 is 0 Å². The van der Waals surface area contributed by atoms with E-state index in [0.29, 0.717) is 6.04 Å². The van der Waals surface area contributed by atoms with E-state index in [2.05, 4.69) is 74.8 Å². The summed E-state index contributed by atoms with van der Waals surface area (Å²) < 4.78 is 0. The summed E-state index contributed by atoms with van der Waals surface area (Å²) in [6.45, 7) is 10.0. The summed E-state index contributed by atoms with van der Waals surface area (Å²) in [4.78, 5) is 2.77. The summed E-state index contributed by atoms with van der Waals surface area (Å²) >= 11 is 3.74. The first kappa shape index (κ1) is 16.6. The van der Waals surface area contributed by atoms with Gasteiger partial charge in [-0.25, -0.2) is 0 Å². The van der Waals surface area contributed by atoms with Crippen LogP contribution in [0.4, 0.5) is 0 Å². The van der Waals surface area contributed by atoms with E-state index in [4.69, 9.17) is 0 Å². The van der Waals surface area contributed by atoms with E-state index in [-0.39, 0.29) is 5.41 Å². The van der Waals surface area contributed by atoms with E-state index in [1.807, 2.05) is 23.1 Å². The molecule has 0 amide bonds. The van der Waals surface area contributed by atoms with Gasteiger partial charge in [0, 0.05) is 28.1 Å². The molecule has 21 heavy (non-hydrogen) atoms. The molecule has 2 rings (SSSR count). The number of thioether (sulfide) groups is 1. The van der Waals surface area contributed by atoms with Gasteiger partial charge in [0.05, 0.1) is 0 Å². The van der Waals surface area contributed by atoms with Crippen LogP contribution in [-0.2, 0) is 5.41 Å². The molecule has 2 aromatic rings. The summed E-state index contributed by atoms with van der Waals surface area (Å²) in [7, 11) is 0. The predicted molar refractivity (Wildman–Crippen MR) is 96.6 cm³/mol. The lowest BCUT2D eigenvalue weighted by Crippen LogP contribution is -2.20. The topological polar surface area (TPSA) is 12.0 Å². The average molecular weight is 320 g/mol. The van der Waals surface area contributed by atoms with Crippen LogP contribution in [0, 0.1) is 0 Å². The molecule has 0 fully saturated rings. The second-order valence-corrected chi connectivity index (χ2v) is 8.46. The van der Waals surface area contributed by atoms with Crippen molar-refractivity contribution in [1.29, 1.82) is 0 Å². The highest BCUT2D eigenvalue weighted by atomic mass is 32.2. The minimum Gasteiger partial charge on any atom is -0.309 e. The summed E-state index contributed by atoms with van der Waals surface area (Å²) in [6, 6.07) is 13.8. The summed E-state index contributed by atoms with van der Waals surface area (Å²) in [5.74, 6) is 1.10. The Kier molecular flexibility index (Phi) is 5.91. The molecule has 0 radical (unpaired) electrons. The number of hydrogen-bond donors (Lipinski definition) is 1. The molecule has 1 atom stereocenters. The highest BCUT2D eigenvalue weighted by molar-refractivity contribution is 7.99. The Bertz CT molecular complexity index is 523. The number of rotatable bonds is 6. The maximum absolute atomic E-state index is 3.58. The summed E-state index contributed by atoms with van der Waals surface area (Å²) in [5.41, 5.74) is 1.64. The van der Waals surface area contributed by atoms with E-state index in [9.17, 15) is 0 Å². The maximum atomic E-state index is 3.58. The third kappa shape index (κ3) is 5.17. The molecule has 0 aliphatic carbocycles. The van der Waals surface area contributed by atoms with Gasteiger partial charge in [-0.05, 0) is 41.5 Å². The van der Waals surface area contributed by atoms with Crippen LogP contribution in [0.5, 0.6) is 0 Å². The lowest BCUT2D eigenvalue weighted by Gasteiger charge is -2.19. The van der Waals surface area contributed by atoms with Crippen molar-refractivity contribution in [2.24, 2.45) is 0 Å². The molecule has 114 valence electrons. The van der Waals surface area contributed by atoms with Gasteiger partial charge in [0.15, 0.2) is 0 Å². The molecular formula is C18H25NS2. The Hall–Kier alpha value is -0.770. The molecule has 1 heterocycles.